The normalized spacial score (nSPS) is 12.0. The third-order valence-electron chi connectivity index (χ3n) is 5.60. The van der Waals surface area contributed by atoms with E-state index in [0.29, 0.717) is 18.8 Å². The molecule has 3 rings (SSSR count). The van der Waals surface area contributed by atoms with Gasteiger partial charge in [0.05, 0.1) is 25.7 Å². The molecule has 31 heavy (non-hydrogen) atoms. The summed E-state index contributed by atoms with van der Waals surface area (Å²) in [4.78, 5) is 25.2. The van der Waals surface area contributed by atoms with E-state index in [1.54, 1.807) is 14.0 Å². The Kier molecular flexibility index (Phi) is 7.47. The minimum Gasteiger partial charge on any atom is -0.466 e. The van der Waals surface area contributed by atoms with E-state index in [-0.39, 0.29) is 18.3 Å². The molecule has 1 aromatic heterocycles. The zero-order chi connectivity index (χ0) is 22.4. The fraction of sp³-hybridized carbons (Fsp3) is 0.360. The van der Waals surface area contributed by atoms with Gasteiger partial charge in [0.15, 0.2) is 0 Å². The third kappa shape index (κ3) is 5.14. The smallest absolute Gasteiger partial charge is 0.308 e. The Morgan fingerprint density at radius 3 is 2.52 bits per heavy atom. The molecule has 2 aromatic carbocycles. The quantitative estimate of drug-likeness (QED) is 0.521. The van der Waals surface area contributed by atoms with Crippen molar-refractivity contribution in [3.8, 4) is 0 Å². The zero-order valence-corrected chi connectivity index (χ0v) is 18.6. The summed E-state index contributed by atoms with van der Waals surface area (Å²) in [6, 6.07) is 14.7. The predicted octanol–water partition coefficient (Wildman–Crippen LogP) is 4.33. The van der Waals surface area contributed by atoms with Crippen molar-refractivity contribution < 1.29 is 19.1 Å². The van der Waals surface area contributed by atoms with Crippen LogP contribution in [-0.2, 0) is 20.8 Å². The first kappa shape index (κ1) is 22.6. The summed E-state index contributed by atoms with van der Waals surface area (Å²) in [5.74, 6) is -0.560. The number of rotatable bonds is 9. The van der Waals surface area contributed by atoms with Gasteiger partial charge in [0.25, 0.3) is 5.91 Å². The number of nitrogens with one attached hydrogen (secondary N) is 1. The molecular weight excluding hydrogens is 392 g/mol. The van der Waals surface area contributed by atoms with Crippen LogP contribution in [0.25, 0.3) is 10.9 Å². The highest BCUT2D eigenvalue weighted by molar-refractivity contribution is 5.99. The summed E-state index contributed by atoms with van der Waals surface area (Å²) < 4.78 is 12.5. The van der Waals surface area contributed by atoms with Crippen molar-refractivity contribution in [3.05, 3.63) is 70.9 Å². The summed E-state index contributed by atoms with van der Waals surface area (Å²) in [6.07, 6.45) is 0.0807. The number of benzene rings is 2. The minimum absolute atomic E-state index is 0.0807. The fourth-order valence-electron chi connectivity index (χ4n) is 3.83. The predicted molar refractivity (Wildman–Crippen MR) is 121 cm³/mol. The second-order valence-electron chi connectivity index (χ2n) is 7.53. The third-order valence-corrected chi connectivity index (χ3v) is 5.60. The number of hydrogen-bond donors (Lipinski definition) is 1. The largest absolute Gasteiger partial charge is 0.466 e. The fourth-order valence-corrected chi connectivity index (χ4v) is 3.83. The van der Waals surface area contributed by atoms with Crippen LogP contribution in [0.2, 0.25) is 0 Å². The summed E-state index contributed by atoms with van der Waals surface area (Å²) in [6.45, 7) is 7.61. The number of esters is 1. The van der Waals surface area contributed by atoms with Crippen molar-refractivity contribution in [2.75, 3.05) is 20.3 Å². The molecule has 3 aromatic rings. The van der Waals surface area contributed by atoms with Crippen molar-refractivity contribution in [2.24, 2.45) is 0 Å². The molecule has 1 N–H and O–H groups in total. The molecule has 0 saturated heterocycles. The number of amides is 1. The van der Waals surface area contributed by atoms with Gasteiger partial charge in [-0.2, -0.15) is 0 Å². The molecule has 0 radical (unpaired) electrons. The van der Waals surface area contributed by atoms with Crippen molar-refractivity contribution >= 4 is 22.8 Å². The Labute approximate surface area is 183 Å². The Bertz CT molecular complexity index is 1060. The Morgan fingerprint density at radius 1 is 1.10 bits per heavy atom. The lowest BCUT2D eigenvalue weighted by atomic mass is 10.0. The van der Waals surface area contributed by atoms with E-state index in [4.69, 9.17) is 9.47 Å². The lowest BCUT2D eigenvalue weighted by molar-refractivity contribution is -0.143. The molecule has 0 fully saturated rings. The van der Waals surface area contributed by atoms with E-state index >= 15 is 0 Å². The van der Waals surface area contributed by atoms with E-state index in [1.807, 2.05) is 48.5 Å². The van der Waals surface area contributed by atoms with Crippen molar-refractivity contribution in [1.82, 2.24) is 9.88 Å². The summed E-state index contributed by atoms with van der Waals surface area (Å²) in [5, 5.41) is 4.06. The van der Waals surface area contributed by atoms with E-state index in [9.17, 15) is 9.59 Å². The van der Waals surface area contributed by atoms with Crippen LogP contribution in [0.1, 0.15) is 46.6 Å². The number of nitrogens with zero attached hydrogens (tertiary/aromatic N) is 1. The van der Waals surface area contributed by atoms with Gasteiger partial charge < -0.3 is 19.4 Å². The number of carbonyl (C=O) groups is 2. The van der Waals surface area contributed by atoms with E-state index in [0.717, 1.165) is 34.3 Å². The highest BCUT2D eigenvalue weighted by Gasteiger charge is 2.21. The molecule has 1 unspecified atom stereocenters. The first-order valence-corrected chi connectivity index (χ1v) is 10.6. The average Bonchev–Trinajstić information content (AvgIpc) is 3.02. The molecule has 0 aliphatic carbocycles. The number of aromatic nitrogens is 1. The SMILES string of the molecule is CCOC(=O)CC(NC(=O)c1ccc2c(c1)c(C)c(C)n2CCOC)c1ccccc1. The van der Waals surface area contributed by atoms with Crippen LogP contribution in [0, 0.1) is 13.8 Å². The van der Waals surface area contributed by atoms with Crippen molar-refractivity contribution in [2.45, 2.75) is 39.8 Å². The summed E-state index contributed by atoms with van der Waals surface area (Å²) in [7, 11) is 1.69. The van der Waals surface area contributed by atoms with Crippen LogP contribution in [0.5, 0.6) is 0 Å². The van der Waals surface area contributed by atoms with Crippen LogP contribution >= 0.6 is 0 Å². The summed E-state index contributed by atoms with van der Waals surface area (Å²) in [5.41, 5.74) is 4.81. The van der Waals surface area contributed by atoms with Crippen LogP contribution in [-0.4, -0.2) is 36.8 Å². The van der Waals surface area contributed by atoms with Gasteiger partial charge in [-0.1, -0.05) is 30.3 Å². The summed E-state index contributed by atoms with van der Waals surface area (Å²) >= 11 is 0. The second-order valence-corrected chi connectivity index (χ2v) is 7.53. The van der Waals surface area contributed by atoms with Crippen LogP contribution < -0.4 is 5.32 Å². The molecule has 6 heteroatoms. The molecule has 1 heterocycles. The molecule has 164 valence electrons. The average molecular weight is 423 g/mol. The van der Waals surface area contributed by atoms with Gasteiger partial charge in [0, 0.05) is 35.8 Å². The van der Waals surface area contributed by atoms with Gasteiger partial charge in [0.1, 0.15) is 0 Å². The highest BCUT2D eigenvalue weighted by atomic mass is 16.5. The molecule has 0 bridgehead atoms. The first-order valence-electron chi connectivity index (χ1n) is 10.6. The highest BCUT2D eigenvalue weighted by Crippen LogP contribution is 2.27. The lowest BCUT2D eigenvalue weighted by Crippen LogP contribution is -2.30. The number of ether oxygens (including phenoxy) is 2. The number of carbonyl (C=O) groups excluding carboxylic acids is 2. The molecule has 0 aliphatic heterocycles. The number of aryl methyl sites for hydroxylation is 1. The Hall–Kier alpha value is -3.12. The van der Waals surface area contributed by atoms with Crippen molar-refractivity contribution in [1.29, 1.82) is 0 Å². The molecule has 1 atom stereocenters. The van der Waals surface area contributed by atoms with Crippen molar-refractivity contribution in [3.63, 3.8) is 0 Å². The van der Waals surface area contributed by atoms with Crippen LogP contribution in [0.15, 0.2) is 48.5 Å². The van der Waals surface area contributed by atoms with Crippen LogP contribution in [0.4, 0.5) is 0 Å². The van der Waals surface area contributed by atoms with Gasteiger partial charge in [-0.25, -0.2) is 0 Å². The minimum atomic E-state index is -0.461. The maximum absolute atomic E-state index is 13.1. The Morgan fingerprint density at radius 2 is 1.84 bits per heavy atom. The van der Waals surface area contributed by atoms with Gasteiger partial charge in [0.2, 0.25) is 0 Å². The molecule has 1 amide bonds. The number of fused-ring (bicyclic) bond motifs is 1. The topological polar surface area (TPSA) is 69.6 Å². The van der Waals surface area contributed by atoms with Gasteiger partial charge in [-0.3, -0.25) is 9.59 Å². The van der Waals surface area contributed by atoms with E-state index < -0.39 is 6.04 Å². The molecule has 0 spiro atoms. The standard InChI is InChI=1S/C25H30N2O4/c1-5-31-24(28)16-22(19-9-7-6-8-10-19)26-25(29)20-11-12-23-21(15-20)17(2)18(3)27(23)13-14-30-4/h6-12,15,22H,5,13-14,16H2,1-4H3,(H,26,29). The van der Waals surface area contributed by atoms with Crippen LogP contribution in [0.3, 0.4) is 0 Å². The molecular formula is C25H30N2O4. The monoisotopic (exact) mass is 422 g/mol. The lowest BCUT2D eigenvalue weighted by Gasteiger charge is -2.19. The molecule has 6 nitrogen and oxygen atoms in total. The molecule has 0 saturated carbocycles. The van der Waals surface area contributed by atoms with E-state index in [1.165, 1.54) is 0 Å². The maximum atomic E-state index is 13.1. The first-order chi connectivity index (χ1) is 15.0. The molecule has 0 aliphatic rings. The van der Waals surface area contributed by atoms with Gasteiger partial charge >= 0.3 is 5.97 Å². The Balaban J connectivity index is 1.87. The second kappa shape index (κ2) is 10.3. The number of methoxy groups -OCH3 is 1. The van der Waals surface area contributed by atoms with Gasteiger partial charge in [-0.05, 0) is 50.1 Å². The number of hydrogen-bond acceptors (Lipinski definition) is 4. The zero-order valence-electron chi connectivity index (χ0n) is 18.6. The van der Waals surface area contributed by atoms with E-state index in [2.05, 4.69) is 23.7 Å². The maximum Gasteiger partial charge on any atom is 0.308 e. The van der Waals surface area contributed by atoms with Gasteiger partial charge in [-0.15, -0.1) is 0 Å².